The van der Waals surface area contributed by atoms with Gasteiger partial charge in [0.1, 0.15) is 12.7 Å². The van der Waals surface area contributed by atoms with Gasteiger partial charge in [-0.05, 0) is 11.1 Å². The molecule has 0 aliphatic heterocycles. The van der Waals surface area contributed by atoms with E-state index in [-0.39, 0.29) is 6.61 Å². The van der Waals surface area contributed by atoms with Crippen molar-refractivity contribution in [1.82, 2.24) is 5.32 Å². The molecule has 26 heavy (non-hydrogen) atoms. The number of alkyl carbamates (subject to hydrolysis) is 1. The van der Waals surface area contributed by atoms with Crippen molar-refractivity contribution >= 4 is 16.2 Å². The highest BCUT2D eigenvalue weighted by Crippen LogP contribution is 2.17. The fourth-order valence-corrected chi connectivity index (χ4v) is 2.60. The number of ether oxygens (including phenoxy) is 1. The third-order valence-corrected chi connectivity index (χ3v) is 4.06. The number of benzene rings is 2. The molecule has 2 atom stereocenters. The maximum atomic E-state index is 12.0. The van der Waals surface area contributed by atoms with Crippen molar-refractivity contribution in [2.75, 3.05) is 12.9 Å². The Labute approximate surface area is 152 Å². The molecule has 0 aliphatic carbocycles. The SMILES string of the molecule is CS(=O)(=O)OCC(NC(=O)OCc1ccccc1)C(O)c1ccccc1. The summed E-state index contributed by atoms with van der Waals surface area (Å²) in [4.78, 5) is 12.0. The minimum Gasteiger partial charge on any atom is -0.445 e. The predicted octanol–water partition coefficient (Wildman–Crippen LogP) is 1.99. The van der Waals surface area contributed by atoms with Crippen LogP contribution >= 0.6 is 0 Å². The molecule has 0 bridgehead atoms. The van der Waals surface area contributed by atoms with E-state index in [9.17, 15) is 18.3 Å². The molecule has 0 fully saturated rings. The molecule has 8 heteroatoms. The zero-order valence-electron chi connectivity index (χ0n) is 14.2. The minimum atomic E-state index is -3.73. The van der Waals surface area contributed by atoms with E-state index in [0.29, 0.717) is 5.56 Å². The Morgan fingerprint density at radius 1 is 1.08 bits per heavy atom. The van der Waals surface area contributed by atoms with E-state index in [1.54, 1.807) is 42.5 Å². The number of aliphatic hydroxyl groups is 1. The van der Waals surface area contributed by atoms with Crippen LogP contribution in [-0.4, -0.2) is 38.5 Å². The largest absolute Gasteiger partial charge is 0.445 e. The molecule has 0 spiro atoms. The lowest BCUT2D eigenvalue weighted by atomic mass is 10.0. The highest BCUT2D eigenvalue weighted by atomic mass is 32.2. The summed E-state index contributed by atoms with van der Waals surface area (Å²) in [5, 5.41) is 12.9. The van der Waals surface area contributed by atoms with Gasteiger partial charge in [-0.25, -0.2) is 4.79 Å². The van der Waals surface area contributed by atoms with E-state index in [0.717, 1.165) is 11.8 Å². The summed E-state index contributed by atoms with van der Waals surface area (Å²) in [6, 6.07) is 16.6. The highest BCUT2D eigenvalue weighted by molar-refractivity contribution is 7.85. The number of amides is 1. The average molecular weight is 379 g/mol. The van der Waals surface area contributed by atoms with Crippen LogP contribution in [0.5, 0.6) is 0 Å². The molecule has 0 radical (unpaired) electrons. The Kier molecular flexibility index (Phi) is 7.14. The predicted molar refractivity (Wildman–Crippen MR) is 95.7 cm³/mol. The van der Waals surface area contributed by atoms with Crippen molar-refractivity contribution in [1.29, 1.82) is 0 Å². The average Bonchev–Trinajstić information content (AvgIpc) is 2.63. The van der Waals surface area contributed by atoms with Gasteiger partial charge in [-0.15, -0.1) is 0 Å². The molecule has 1 amide bonds. The van der Waals surface area contributed by atoms with Crippen LogP contribution in [0.4, 0.5) is 4.79 Å². The second-order valence-electron chi connectivity index (χ2n) is 5.66. The van der Waals surface area contributed by atoms with Crippen LogP contribution in [0.15, 0.2) is 60.7 Å². The summed E-state index contributed by atoms with van der Waals surface area (Å²) >= 11 is 0. The Hall–Kier alpha value is -2.42. The molecular formula is C18H21NO6S. The Bertz CT molecular complexity index is 795. The topological polar surface area (TPSA) is 102 Å². The van der Waals surface area contributed by atoms with Gasteiger partial charge in [-0.2, -0.15) is 8.42 Å². The third kappa shape index (κ3) is 6.83. The third-order valence-electron chi connectivity index (χ3n) is 3.50. The number of nitrogens with one attached hydrogen (secondary N) is 1. The standard InChI is InChI=1S/C18H21NO6S/c1-26(22,23)25-13-16(17(20)15-10-6-3-7-11-15)19-18(21)24-12-14-8-4-2-5-9-14/h2-11,16-17,20H,12-13H2,1H3,(H,19,21). The molecule has 2 aromatic carbocycles. The van der Waals surface area contributed by atoms with Crippen LogP contribution in [0.3, 0.4) is 0 Å². The Balaban J connectivity index is 2.01. The molecule has 0 aliphatic rings. The van der Waals surface area contributed by atoms with E-state index < -0.39 is 35.0 Å². The van der Waals surface area contributed by atoms with Crippen molar-refractivity contribution in [3.8, 4) is 0 Å². The van der Waals surface area contributed by atoms with Gasteiger partial charge in [0.2, 0.25) is 0 Å². The van der Waals surface area contributed by atoms with Crippen molar-refractivity contribution < 1.29 is 27.2 Å². The molecule has 2 N–H and O–H groups in total. The molecule has 2 aromatic rings. The highest BCUT2D eigenvalue weighted by Gasteiger charge is 2.25. The Morgan fingerprint density at radius 2 is 1.65 bits per heavy atom. The zero-order valence-corrected chi connectivity index (χ0v) is 15.1. The zero-order chi connectivity index (χ0) is 19.0. The first-order valence-corrected chi connectivity index (χ1v) is 9.71. The van der Waals surface area contributed by atoms with Gasteiger partial charge in [0.15, 0.2) is 0 Å². The maximum Gasteiger partial charge on any atom is 0.407 e. The van der Waals surface area contributed by atoms with Crippen LogP contribution < -0.4 is 5.32 Å². The second kappa shape index (κ2) is 9.33. The van der Waals surface area contributed by atoms with Crippen LogP contribution in [0.2, 0.25) is 0 Å². The summed E-state index contributed by atoms with van der Waals surface area (Å²) in [7, 11) is -3.73. The normalized spacial score (nSPS) is 13.6. The van der Waals surface area contributed by atoms with E-state index >= 15 is 0 Å². The van der Waals surface area contributed by atoms with Gasteiger partial charge in [-0.3, -0.25) is 4.18 Å². The summed E-state index contributed by atoms with van der Waals surface area (Å²) in [6.45, 7) is -0.372. The molecule has 2 rings (SSSR count). The number of hydrogen-bond donors (Lipinski definition) is 2. The van der Waals surface area contributed by atoms with Crippen LogP contribution in [0.1, 0.15) is 17.2 Å². The fraction of sp³-hybridized carbons (Fsp3) is 0.278. The number of carbonyl (C=O) groups is 1. The van der Waals surface area contributed by atoms with Gasteiger partial charge >= 0.3 is 6.09 Å². The number of rotatable bonds is 8. The van der Waals surface area contributed by atoms with Gasteiger partial charge in [0.05, 0.1) is 18.9 Å². The van der Waals surface area contributed by atoms with Crippen molar-refractivity contribution in [3.05, 3.63) is 71.8 Å². The van der Waals surface area contributed by atoms with Crippen LogP contribution in [0, 0.1) is 0 Å². The Morgan fingerprint density at radius 3 is 2.23 bits per heavy atom. The molecule has 0 heterocycles. The first-order valence-electron chi connectivity index (χ1n) is 7.90. The van der Waals surface area contributed by atoms with E-state index in [1.165, 1.54) is 0 Å². The second-order valence-corrected chi connectivity index (χ2v) is 7.30. The fourth-order valence-electron chi connectivity index (χ4n) is 2.21. The van der Waals surface area contributed by atoms with Crippen LogP contribution in [-0.2, 0) is 25.6 Å². The first-order chi connectivity index (χ1) is 12.3. The van der Waals surface area contributed by atoms with Gasteiger partial charge in [-0.1, -0.05) is 60.7 Å². The quantitative estimate of drug-likeness (QED) is 0.680. The lowest BCUT2D eigenvalue weighted by Gasteiger charge is -2.23. The van der Waals surface area contributed by atoms with Gasteiger partial charge < -0.3 is 15.2 Å². The van der Waals surface area contributed by atoms with E-state index in [2.05, 4.69) is 5.32 Å². The summed E-state index contributed by atoms with van der Waals surface area (Å²) in [5.41, 5.74) is 1.31. The number of carbonyl (C=O) groups excluding carboxylic acids is 1. The monoisotopic (exact) mass is 379 g/mol. The van der Waals surface area contributed by atoms with Crippen molar-refractivity contribution in [3.63, 3.8) is 0 Å². The van der Waals surface area contributed by atoms with E-state index in [1.807, 2.05) is 18.2 Å². The van der Waals surface area contributed by atoms with Crippen molar-refractivity contribution in [2.24, 2.45) is 0 Å². The lowest BCUT2D eigenvalue weighted by Crippen LogP contribution is -2.43. The van der Waals surface area contributed by atoms with E-state index in [4.69, 9.17) is 8.92 Å². The lowest BCUT2D eigenvalue weighted by molar-refractivity contribution is 0.0829. The molecule has 0 saturated heterocycles. The summed E-state index contributed by atoms with van der Waals surface area (Å²) in [5.74, 6) is 0. The molecule has 0 saturated carbocycles. The molecule has 2 unspecified atom stereocenters. The van der Waals surface area contributed by atoms with Crippen LogP contribution in [0.25, 0.3) is 0 Å². The molecule has 140 valence electrons. The minimum absolute atomic E-state index is 0.0494. The molecular weight excluding hydrogens is 358 g/mol. The number of hydrogen-bond acceptors (Lipinski definition) is 6. The smallest absolute Gasteiger partial charge is 0.407 e. The first kappa shape index (κ1) is 19.9. The molecule has 7 nitrogen and oxygen atoms in total. The summed E-state index contributed by atoms with van der Waals surface area (Å²) < 4.78 is 32.3. The number of aliphatic hydroxyl groups excluding tert-OH is 1. The molecule has 0 aromatic heterocycles. The maximum absolute atomic E-state index is 12.0. The van der Waals surface area contributed by atoms with Gasteiger partial charge in [0, 0.05) is 0 Å². The summed E-state index contributed by atoms with van der Waals surface area (Å²) in [6.07, 6.45) is -1.06. The van der Waals surface area contributed by atoms with Crippen molar-refractivity contribution in [2.45, 2.75) is 18.8 Å². The van der Waals surface area contributed by atoms with Gasteiger partial charge in [0.25, 0.3) is 10.1 Å².